The van der Waals surface area contributed by atoms with Gasteiger partial charge in [0, 0.05) is 13.1 Å². The molecule has 2 aromatic heterocycles. The first-order valence-electron chi connectivity index (χ1n) is 9.41. The third kappa shape index (κ3) is 5.74. The van der Waals surface area contributed by atoms with Gasteiger partial charge in [-0.05, 0) is 47.7 Å². The van der Waals surface area contributed by atoms with Crippen molar-refractivity contribution in [2.75, 3.05) is 20.2 Å². The lowest BCUT2D eigenvalue weighted by Gasteiger charge is -2.15. The minimum atomic E-state index is -3.79. The molecular weight excluding hydrogens is 440 g/mol. The highest BCUT2D eigenvalue weighted by Gasteiger charge is 2.33. The molecule has 2 heterocycles. The molecule has 0 aliphatic heterocycles. The fraction of sp³-hybridized carbons (Fsp3) is 0.238. The molecule has 3 rings (SSSR count). The van der Waals surface area contributed by atoms with E-state index in [-0.39, 0.29) is 23.1 Å². The highest BCUT2D eigenvalue weighted by atomic mass is 32.2. The van der Waals surface area contributed by atoms with Crippen molar-refractivity contribution in [3.63, 3.8) is 0 Å². The minimum absolute atomic E-state index is 0.159. The van der Waals surface area contributed by atoms with Crippen LogP contribution < -0.4 is 15.4 Å². The van der Waals surface area contributed by atoms with Gasteiger partial charge in [-0.3, -0.25) is 9.59 Å². The van der Waals surface area contributed by atoms with Gasteiger partial charge in [-0.1, -0.05) is 18.2 Å². The summed E-state index contributed by atoms with van der Waals surface area (Å²) in [5.74, 6) is -0.822. The molecule has 3 aromatic rings. The van der Waals surface area contributed by atoms with Crippen molar-refractivity contribution in [2.24, 2.45) is 0 Å². The van der Waals surface area contributed by atoms with Crippen LogP contribution in [0.25, 0.3) is 0 Å². The normalized spacial score (nSPS) is 12.2. The maximum absolute atomic E-state index is 12.9. The standard InChI is InChI=1S/C21H22N2O6S2/c1-28-16-8-6-15(7-9-16)10-11-22-20(24)21(25)23-14-18(17-4-2-12-29-17)31(26,27)19-5-3-13-30-19/h2-9,12-13,18H,10-11,14H2,1H3,(H,22,24)(H,23,25)/t18-/m1/s1. The van der Waals surface area contributed by atoms with Crippen LogP contribution in [0.2, 0.25) is 0 Å². The SMILES string of the molecule is COc1ccc(CCNC(=O)C(=O)NC[C@H](c2ccco2)S(=O)(=O)c2cccs2)cc1. The van der Waals surface area contributed by atoms with Gasteiger partial charge in [0.05, 0.1) is 13.4 Å². The molecule has 0 saturated heterocycles. The highest BCUT2D eigenvalue weighted by Crippen LogP contribution is 2.31. The third-order valence-corrected chi connectivity index (χ3v) is 8.02. The molecule has 0 saturated carbocycles. The lowest BCUT2D eigenvalue weighted by atomic mass is 10.1. The summed E-state index contributed by atoms with van der Waals surface area (Å²) in [6.07, 6.45) is 1.89. The Labute approximate surface area is 184 Å². The Morgan fingerprint density at radius 2 is 1.81 bits per heavy atom. The second-order valence-electron chi connectivity index (χ2n) is 6.55. The summed E-state index contributed by atoms with van der Waals surface area (Å²) in [4.78, 5) is 24.3. The van der Waals surface area contributed by atoms with Gasteiger partial charge in [0.15, 0.2) is 9.84 Å². The molecule has 0 aliphatic rings. The Morgan fingerprint density at radius 3 is 2.42 bits per heavy atom. The van der Waals surface area contributed by atoms with Crippen LogP contribution in [0.5, 0.6) is 5.75 Å². The van der Waals surface area contributed by atoms with Crippen molar-refractivity contribution >= 4 is 33.0 Å². The van der Waals surface area contributed by atoms with Crippen LogP contribution in [0.1, 0.15) is 16.6 Å². The Bertz CT molecular complexity index is 1090. The molecule has 0 aliphatic carbocycles. The first kappa shape index (κ1) is 22.6. The zero-order chi connectivity index (χ0) is 22.3. The first-order valence-corrected chi connectivity index (χ1v) is 11.8. The molecule has 10 heteroatoms. The van der Waals surface area contributed by atoms with Crippen LogP contribution in [0.4, 0.5) is 0 Å². The number of methoxy groups -OCH3 is 1. The van der Waals surface area contributed by atoms with E-state index in [1.54, 1.807) is 24.6 Å². The summed E-state index contributed by atoms with van der Waals surface area (Å²) < 4.78 is 36.4. The molecule has 1 atom stereocenters. The molecule has 1 aromatic carbocycles. The van der Waals surface area contributed by atoms with Crippen molar-refractivity contribution in [3.8, 4) is 5.75 Å². The monoisotopic (exact) mass is 462 g/mol. The fourth-order valence-corrected chi connectivity index (χ4v) is 5.65. The Hall–Kier alpha value is -3.11. The zero-order valence-corrected chi connectivity index (χ0v) is 18.4. The maximum atomic E-state index is 12.9. The van der Waals surface area contributed by atoms with E-state index in [2.05, 4.69) is 10.6 Å². The van der Waals surface area contributed by atoms with E-state index in [0.29, 0.717) is 6.42 Å². The predicted octanol–water partition coefficient (Wildman–Crippen LogP) is 2.34. The van der Waals surface area contributed by atoms with E-state index in [1.807, 2.05) is 24.3 Å². The number of sulfone groups is 1. The minimum Gasteiger partial charge on any atom is -0.497 e. The van der Waals surface area contributed by atoms with Gasteiger partial charge in [-0.15, -0.1) is 11.3 Å². The Morgan fingerprint density at radius 1 is 1.06 bits per heavy atom. The molecule has 0 bridgehead atoms. The highest BCUT2D eigenvalue weighted by molar-refractivity contribution is 7.93. The molecule has 2 N–H and O–H groups in total. The molecule has 2 amide bonds. The van der Waals surface area contributed by atoms with Crippen LogP contribution in [-0.4, -0.2) is 40.4 Å². The third-order valence-electron chi connectivity index (χ3n) is 4.52. The van der Waals surface area contributed by atoms with Gasteiger partial charge in [0.25, 0.3) is 0 Å². The van der Waals surface area contributed by atoms with Crippen molar-refractivity contribution in [1.29, 1.82) is 0 Å². The summed E-state index contributed by atoms with van der Waals surface area (Å²) >= 11 is 1.08. The summed E-state index contributed by atoms with van der Waals surface area (Å²) in [5, 5.41) is 5.44. The summed E-state index contributed by atoms with van der Waals surface area (Å²) in [6, 6.07) is 13.6. The van der Waals surface area contributed by atoms with E-state index >= 15 is 0 Å². The quantitative estimate of drug-likeness (QED) is 0.472. The second-order valence-corrected chi connectivity index (χ2v) is 9.85. The second kappa shape index (κ2) is 10.3. The van der Waals surface area contributed by atoms with Crippen LogP contribution in [0, 0.1) is 0 Å². The number of rotatable bonds is 9. The van der Waals surface area contributed by atoms with Crippen molar-refractivity contribution < 1.29 is 27.2 Å². The molecule has 31 heavy (non-hydrogen) atoms. The van der Waals surface area contributed by atoms with E-state index in [9.17, 15) is 18.0 Å². The number of carbonyl (C=O) groups excluding carboxylic acids is 2. The van der Waals surface area contributed by atoms with Gasteiger partial charge < -0.3 is 19.8 Å². The van der Waals surface area contributed by atoms with Gasteiger partial charge in [0.2, 0.25) is 0 Å². The van der Waals surface area contributed by atoms with Crippen molar-refractivity contribution in [2.45, 2.75) is 15.9 Å². The predicted molar refractivity (Wildman–Crippen MR) is 116 cm³/mol. The molecule has 164 valence electrons. The maximum Gasteiger partial charge on any atom is 0.309 e. The van der Waals surface area contributed by atoms with Crippen molar-refractivity contribution in [1.82, 2.24) is 10.6 Å². The average molecular weight is 463 g/mol. The van der Waals surface area contributed by atoms with Crippen LogP contribution in [-0.2, 0) is 25.8 Å². The molecular formula is C21H22N2O6S2. The number of nitrogens with one attached hydrogen (secondary N) is 2. The van der Waals surface area contributed by atoms with E-state index in [4.69, 9.17) is 9.15 Å². The number of amides is 2. The topological polar surface area (TPSA) is 115 Å². The summed E-state index contributed by atoms with van der Waals surface area (Å²) in [5.41, 5.74) is 0.974. The van der Waals surface area contributed by atoms with Crippen LogP contribution in [0.15, 0.2) is 68.8 Å². The molecule has 0 radical (unpaired) electrons. The summed E-state index contributed by atoms with van der Waals surface area (Å²) in [7, 11) is -2.21. The first-order chi connectivity index (χ1) is 14.9. The molecule has 0 spiro atoms. The molecule has 0 fully saturated rings. The number of benzene rings is 1. The number of carbonyl (C=O) groups is 2. The van der Waals surface area contributed by atoms with Crippen LogP contribution in [0.3, 0.4) is 0 Å². The average Bonchev–Trinajstić information content (AvgIpc) is 3.49. The van der Waals surface area contributed by atoms with E-state index in [0.717, 1.165) is 22.6 Å². The van der Waals surface area contributed by atoms with Gasteiger partial charge in [0.1, 0.15) is 21.0 Å². The number of thiophene rings is 1. The van der Waals surface area contributed by atoms with E-state index in [1.165, 1.54) is 18.4 Å². The number of ether oxygens (including phenoxy) is 1. The lowest BCUT2D eigenvalue weighted by Crippen LogP contribution is -2.42. The van der Waals surface area contributed by atoms with Gasteiger partial charge in [-0.25, -0.2) is 8.42 Å². The van der Waals surface area contributed by atoms with Gasteiger partial charge in [-0.2, -0.15) is 0 Å². The largest absolute Gasteiger partial charge is 0.497 e. The lowest BCUT2D eigenvalue weighted by molar-refractivity contribution is -0.139. The molecule has 8 nitrogen and oxygen atoms in total. The number of hydrogen-bond donors (Lipinski definition) is 2. The Kier molecular flexibility index (Phi) is 7.48. The van der Waals surface area contributed by atoms with E-state index < -0.39 is 26.9 Å². The summed E-state index contributed by atoms with van der Waals surface area (Å²) in [6.45, 7) is -0.0355. The van der Waals surface area contributed by atoms with Crippen molar-refractivity contribution in [3.05, 3.63) is 71.5 Å². The van der Waals surface area contributed by atoms with Gasteiger partial charge >= 0.3 is 11.8 Å². The Balaban J connectivity index is 1.56. The van der Waals surface area contributed by atoms with Crippen LogP contribution >= 0.6 is 11.3 Å². The fourth-order valence-electron chi connectivity index (χ4n) is 2.86. The smallest absolute Gasteiger partial charge is 0.309 e. The number of furan rings is 1. The number of hydrogen-bond acceptors (Lipinski definition) is 7. The molecule has 0 unspecified atom stereocenters. The zero-order valence-electron chi connectivity index (χ0n) is 16.7.